The van der Waals surface area contributed by atoms with Crippen molar-refractivity contribution in [2.24, 2.45) is 0 Å². The Morgan fingerprint density at radius 2 is 1.81 bits per heavy atom. The van der Waals surface area contributed by atoms with Gasteiger partial charge in [0.25, 0.3) is 5.91 Å². The Balaban J connectivity index is 1.52. The fraction of sp³-hybridized carbons (Fsp3) is 0.250. The fourth-order valence-electron chi connectivity index (χ4n) is 3.37. The van der Waals surface area contributed by atoms with Crippen LogP contribution in [-0.4, -0.2) is 54.1 Å². The minimum atomic E-state index is -0.0386. The molecule has 3 aromatic rings. The number of methoxy groups -OCH3 is 1. The molecule has 132 valence electrons. The van der Waals surface area contributed by atoms with E-state index in [0.717, 1.165) is 35.3 Å². The minimum Gasteiger partial charge on any atom is -0.495 e. The zero-order valence-corrected chi connectivity index (χ0v) is 14.6. The molecule has 0 radical (unpaired) electrons. The third-order valence-electron chi connectivity index (χ3n) is 4.76. The summed E-state index contributed by atoms with van der Waals surface area (Å²) in [5.41, 5.74) is 1.54. The second-order valence-electron chi connectivity index (χ2n) is 6.21. The van der Waals surface area contributed by atoms with Crippen molar-refractivity contribution in [2.45, 2.75) is 0 Å². The number of pyridine rings is 2. The van der Waals surface area contributed by atoms with Gasteiger partial charge in [-0.15, -0.1) is 0 Å². The van der Waals surface area contributed by atoms with Crippen molar-refractivity contribution in [2.75, 3.05) is 38.2 Å². The van der Waals surface area contributed by atoms with Crippen LogP contribution in [0, 0.1) is 0 Å². The predicted octanol–water partition coefficient (Wildman–Crippen LogP) is 2.60. The number of nitrogens with zero attached hydrogens (tertiary/aromatic N) is 4. The zero-order valence-electron chi connectivity index (χ0n) is 14.6. The second kappa shape index (κ2) is 7.00. The number of carbonyl (C=O) groups is 1. The summed E-state index contributed by atoms with van der Waals surface area (Å²) in [4.78, 5) is 25.5. The summed E-state index contributed by atoms with van der Waals surface area (Å²) in [6.45, 7) is 2.81. The van der Waals surface area contributed by atoms with Gasteiger partial charge in [0, 0.05) is 50.2 Å². The molecular formula is C20H20N4O2. The molecular weight excluding hydrogens is 328 g/mol. The number of rotatable bonds is 3. The summed E-state index contributed by atoms with van der Waals surface area (Å²) in [5, 5.41) is 1.78. The topological polar surface area (TPSA) is 58.6 Å². The lowest BCUT2D eigenvalue weighted by atomic mass is 10.1. The van der Waals surface area contributed by atoms with Gasteiger partial charge >= 0.3 is 0 Å². The zero-order chi connectivity index (χ0) is 17.9. The summed E-state index contributed by atoms with van der Waals surface area (Å²) in [6, 6.07) is 11.8. The molecule has 1 fully saturated rings. The second-order valence-corrected chi connectivity index (χ2v) is 6.21. The molecule has 6 heteroatoms. The third kappa shape index (κ3) is 2.94. The molecule has 0 spiro atoms. The third-order valence-corrected chi connectivity index (χ3v) is 4.76. The molecule has 0 saturated carbocycles. The van der Waals surface area contributed by atoms with Gasteiger partial charge in [0.05, 0.1) is 12.8 Å². The summed E-state index contributed by atoms with van der Waals surface area (Å²) < 4.78 is 5.45. The quantitative estimate of drug-likeness (QED) is 0.728. The Kier molecular flexibility index (Phi) is 4.39. The number of aromatic nitrogens is 2. The minimum absolute atomic E-state index is 0.0386. The van der Waals surface area contributed by atoms with Crippen molar-refractivity contribution >= 4 is 22.4 Å². The van der Waals surface area contributed by atoms with Crippen LogP contribution in [0.4, 0.5) is 5.69 Å². The molecule has 26 heavy (non-hydrogen) atoms. The number of ether oxygens (including phenoxy) is 1. The number of fused-ring (bicyclic) bond motifs is 1. The van der Waals surface area contributed by atoms with Crippen LogP contribution in [0.2, 0.25) is 0 Å². The van der Waals surface area contributed by atoms with Gasteiger partial charge in [0.1, 0.15) is 11.4 Å². The van der Waals surface area contributed by atoms with E-state index < -0.39 is 0 Å². The summed E-state index contributed by atoms with van der Waals surface area (Å²) in [6.07, 6.45) is 5.11. The molecule has 0 bridgehead atoms. The van der Waals surface area contributed by atoms with E-state index in [1.807, 2.05) is 41.3 Å². The Morgan fingerprint density at radius 1 is 1.04 bits per heavy atom. The molecule has 2 aromatic heterocycles. The maximum atomic E-state index is 13.0. The highest BCUT2D eigenvalue weighted by molar-refractivity contribution is 6.04. The smallest absolute Gasteiger partial charge is 0.273 e. The van der Waals surface area contributed by atoms with E-state index in [2.05, 4.69) is 14.9 Å². The monoisotopic (exact) mass is 348 g/mol. The first kappa shape index (κ1) is 16.3. The maximum absolute atomic E-state index is 13.0. The normalized spacial score (nSPS) is 14.5. The van der Waals surface area contributed by atoms with Crippen LogP contribution in [0.3, 0.4) is 0 Å². The van der Waals surface area contributed by atoms with Crippen LogP contribution < -0.4 is 9.64 Å². The van der Waals surface area contributed by atoms with E-state index in [1.165, 1.54) is 0 Å². The van der Waals surface area contributed by atoms with Crippen molar-refractivity contribution in [1.29, 1.82) is 0 Å². The maximum Gasteiger partial charge on any atom is 0.273 e. The van der Waals surface area contributed by atoms with Gasteiger partial charge < -0.3 is 14.5 Å². The molecule has 6 nitrogen and oxygen atoms in total. The van der Waals surface area contributed by atoms with E-state index in [-0.39, 0.29) is 5.91 Å². The van der Waals surface area contributed by atoms with Crippen LogP contribution in [0.25, 0.3) is 10.8 Å². The highest BCUT2D eigenvalue weighted by Crippen LogP contribution is 2.28. The molecule has 1 aliphatic rings. The Morgan fingerprint density at radius 3 is 2.62 bits per heavy atom. The number of para-hydroxylation sites is 2. The van der Waals surface area contributed by atoms with Crippen LogP contribution in [-0.2, 0) is 0 Å². The molecule has 1 saturated heterocycles. The van der Waals surface area contributed by atoms with Gasteiger partial charge in [-0.25, -0.2) is 0 Å². The predicted molar refractivity (Wildman–Crippen MR) is 101 cm³/mol. The Labute approximate surface area is 152 Å². The number of carbonyl (C=O) groups excluding carboxylic acids is 1. The molecule has 0 N–H and O–H groups in total. The van der Waals surface area contributed by atoms with E-state index in [1.54, 1.807) is 25.7 Å². The first-order valence-corrected chi connectivity index (χ1v) is 8.64. The van der Waals surface area contributed by atoms with Crippen molar-refractivity contribution in [3.63, 3.8) is 0 Å². The van der Waals surface area contributed by atoms with Crippen molar-refractivity contribution in [3.8, 4) is 5.75 Å². The van der Waals surface area contributed by atoms with Gasteiger partial charge in [-0.05, 0) is 29.7 Å². The molecule has 4 rings (SSSR count). The molecule has 1 aliphatic heterocycles. The number of amides is 1. The Bertz CT molecular complexity index is 931. The highest BCUT2D eigenvalue weighted by Gasteiger charge is 2.25. The largest absolute Gasteiger partial charge is 0.495 e. The Hall–Kier alpha value is -3.15. The van der Waals surface area contributed by atoms with Crippen LogP contribution in [0.5, 0.6) is 5.75 Å². The first-order valence-electron chi connectivity index (χ1n) is 8.64. The number of piperazine rings is 1. The summed E-state index contributed by atoms with van der Waals surface area (Å²) >= 11 is 0. The lowest BCUT2D eigenvalue weighted by Crippen LogP contribution is -2.49. The number of anilines is 1. The van der Waals surface area contributed by atoms with Gasteiger partial charge in [-0.2, -0.15) is 0 Å². The van der Waals surface area contributed by atoms with Crippen LogP contribution in [0.15, 0.2) is 55.0 Å². The number of hydrogen-bond acceptors (Lipinski definition) is 5. The van der Waals surface area contributed by atoms with E-state index in [9.17, 15) is 4.79 Å². The average Bonchev–Trinajstić information content (AvgIpc) is 2.73. The fourth-order valence-corrected chi connectivity index (χ4v) is 3.37. The van der Waals surface area contributed by atoms with E-state index >= 15 is 0 Å². The molecule has 1 aromatic carbocycles. The molecule has 0 atom stereocenters. The number of hydrogen-bond donors (Lipinski definition) is 0. The molecule has 3 heterocycles. The van der Waals surface area contributed by atoms with Crippen molar-refractivity contribution in [1.82, 2.24) is 14.9 Å². The lowest BCUT2D eigenvalue weighted by molar-refractivity contribution is 0.0743. The lowest BCUT2D eigenvalue weighted by Gasteiger charge is -2.36. The van der Waals surface area contributed by atoms with Gasteiger partial charge in [0.15, 0.2) is 0 Å². The number of benzene rings is 1. The SMILES string of the molecule is COc1ccccc1N1CCN(C(=O)c2nccc3ccncc23)CC1. The van der Waals surface area contributed by atoms with Crippen molar-refractivity contribution < 1.29 is 9.53 Å². The van der Waals surface area contributed by atoms with Crippen molar-refractivity contribution in [3.05, 3.63) is 60.7 Å². The van der Waals surface area contributed by atoms with E-state index in [0.29, 0.717) is 18.8 Å². The molecule has 1 amide bonds. The average molecular weight is 348 g/mol. The highest BCUT2D eigenvalue weighted by atomic mass is 16.5. The van der Waals surface area contributed by atoms with E-state index in [4.69, 9.17) is 4.74 Å². The van der Waals surface area contributed by atoms with Gasteiger partial charge in [-0.1, -0.05) is 12.1 Å². The van der Waals surface area contributed by atoms with Crippen LogP contribution in [0.1, 0.15) is 10.5 Å². The van der Waals surface area contributed by atoms with Gasteiger partial charge in [-0.3, -0.25) is 14.8 Å². The van der Waals surface area contributed by atoms with Gasteiger partial charge in [0.2, 0.25) is 0 Å². The van der Waals surface area contributed by atoms with Crippen LogP contribution >= 0.6 is 0 Å². The summed E-state index contributed by atoms with van der Waals surface area (Å²) in [7, 11) is 1.68. The first-order chi connectivity index (χ1) is 12.8. The summed E-state index contributed by atoms with van der Waals surface area (Å²) in [5.74, 6) is 0.817. The standard InChI is InChI=1S/C20H20N4O2/c1-26-18-5-3-2-4-17(18)23-10-12-24(13-11-23)20(25)19-16-14-21-8-6-15(16)7-9-22-19/h2-9,14H,10-13H2,1H3. The molecule has 0 aliphatic carbocycles. The molecule has 0 unspecified atom stereocenters.